The summed E-state index contributed by atoms with van der Waals surface area (Å²) in [6.07, 6.45) is 1.03. The molecule has 4 nitrogen and oxygen atoms in total. The molecule has 0 rings (SSSR count). The van der Waals surface area contributed by atoms with Crippen molar-refractivity contribution in [1.82, 2.24) is 0 Å². The lowest BCUT2D eigenvalue weighted by Gasteiger charge is -1.86. The van der Waals surface area contributed by atoms with E-state index < -0.39 is 0 Å². The van der Waals surface area contributed by atoms with Crippen LogP contribution in [0.4, 0.5) is 0 Å². The van der Waals surface area contributed by atoms with E-state index in [1.165, 1.54) is 6.92 Å². The van der Waals surface area contributed by atoms with E-state index in [-0.39, 0.29) is 12.6 Å². The maximum Gasteiger partial charge on any atom is 0.308 e. The highest BCUT2D eigenvalue weighted by atomic mass is 16.5. The number of carbonyl (C=O) groups is 1. The molecule has 0 aliphatic carbocycles. The molecule has 0 spiro atoms. The lowest BCUT2D eigenvalue weighted by Crippen LogP contribution is -1.99. The van der Waals surface area contributed by atoms with E-state index in [0.717, 1.165) is 6.40 Å². The van der Waals surface area contributed by atoms with Crippen molar-refractivity contribution in [3.8, 4) is 0 Å². The monoisotopic (exact) mass is 116 g/mol. The summed E-state index contributed by atoms with van der Waals surface area (Å²) in [5.74, 6) is -0.387. The number of aliphatic imine (C=N–C) groups is 1. The Labute approximate surface area is 47.3 Å². The molecule has 0 amide bonds. The Kier molecular flexibility index (Phi) is 3.78. The average molecular weight is 116 g/mol. The second-order valence-corrected chi connectivity index (χ2v) is 1.08. The maximum absolute atomic E-state index is 9.96. The number of esters is 1. The van der Waals surface area contributed by atoms with Crippen LogP contribution in [0.5, 0.6) is 0 Å². The fraction of sp³-hybridized carbons (Fsp3) is 0.500. The zero-order valence-corrected chi connectivity index (χ0v) is 4.63. The van der Waals surface area contributed by atoms with Crippen LogP contribution in [0.15, 0.2) is 4.99 Å². The Bertz CT molecular complexity index is 100. The fourth-order valence-electron chi connectivity index (χ4n) is 0.155. The van der Waals surface area contributed by atoms with Gasteiger partial charge in [0.25, 0.3) is 0 Å². The van der Waals surface area contributed by atoms with Gasteiger partial charge in [0, 0.05) is 6.92 Å². The molecule has 0 unspecified atom stereocenters. The first-order valence-electron chi connectivity index (χ1n) is 2.13. The van der Waals surface area contributed by atoms with Gasteiger partial charge in [-0.1, -0.05) is 0 Å². The molecule has 0 saturated heterocycles. The number of carbonyl (C=O) groups excluding carboxylic acids is 1. The average Bonchev–Trinajstić information content (AvgIpc) is 1.66. The minimum atomic E-state index is -0.387. The van der Waals surface area contributed by atoms with Crippen LogP contribution in [0.2, 0.25) is 0 Å². The van der Waals surface area contributed by atoms with Crippen molar-refractivity contribution < 1.29 is 9.53 Å². The molecular weight excluding hydrogens is 108 g/mol. The Hall–Kier alpha value is -0.900. The lowest BCUT2D eigenvalue weighted by molar-refractivity contribution is -0.132. The molecule has 0 aromatic rings. The van der Waals surface area contributed by atoms with Gasteiger partial charge in [-0.05, 0) is 0 Å². The smallest absolute Gasteiger partial charge is 0.308 e. The Morgan fingerprint density at radius 1 is 2.00 bits per heavy atom. The molecule has 0 aliphatic heterocycles. The van der Waals surface area contributed by atoms with Crippen molar-refractivity contribution in [2.75, 3.05) is 6.67 Å². The predicted molar refractivity (Wildman–Crippen MR) is 29.3 cm³/mol. The number of hydrogen-bond acceptors (Lipinski definition) is 4. The van der Waals surface area contributed by atoms with E-state index in [1.807, 2.05) is 0 Å². The number of nitrogens with two attached hydrogens (primary N) is 1. The van der Waals surface area contributed by atoms with Crippen molar-refractivity contribution in [3.63, 3.8) is 0 Å². The van der Waals surface area contributed by atoms with Crippen molar-refractivity contribution in [3.05, 3.63) is 0 Å². The van der Waals surface area contributed by atoms with Crippen LogP contribution in [-0.2, 0) is 9.53 Å². The van der Waals surface area contributed by atoms with Gasteiger partial charge in [-0.3, -0.25) is 4.79 Å². The minimum Gasteiger partial charge on any atom is -0.415 e. The van der Waals surface area contributed by atoms with Crippen molar-refractivity contribution >= 4 is 12.4 Å². The van der Waals surface area contributed by atoms with Crippen LogP contribution in [0.25, 0.3) is 0 Å². The summed E-state index contributed by atoms with van der Waals surface area (Å²) in [7, 11) is 0. The van der Waals surface area contributed by atoms with Crippen molar-refractivity contribution in [2.24, 2.45) is 10.7 Å². The zero-order valence-electron chi connectivity index (χ0n) is 4.63. The van der Waals surface area contributed by atoms with Crippen LogP contribution in [0, 0.1) is 0 Å². The highest BCUT2D eigenvalue weighted by molar-refractivity contribution is 5.75. The molecule has 0 bridgehead atoms. The summed E-state index contributed by atoms with van der Waals surface area (Å²) in [5.41, 5.74) is 4.93. The normalized spacial score (nSPS) is 9.75. The standard InChI is InChI=1S/C4H8N2O2/c1-4(7)8-3-6-2-5/h3H,2,5H2,1H3. The van der Waals surface area contributed by atoms with Crippen LogP contribution in [0.3, 0.4) is 0 Å². The number of rotatable bonds is 2. The van der Waals surface area contributed by atoms with Crippen LogP contribution in [-0.4, -0.2) is 19.0 Å². The summed E-state index contributed by atoms with van der Waals surface area (Å²) < 4.78 is 4.27. The van der Waals surface area contributed by atoms with Gasteiger partial charge in [0.1, 0.15) is 0 Å². The summed E-state index contributed by atoms with van der Waals surface area (Å²) in [6, 6.07) is 0. The molecule has 0 aromatic carbocycles. The SMILES string of the molecule is CC(=O)OC=NCN. The minimum absolute atomic E-state index is 0.146. The molecule has 46 valence electrons. The first-order chi connectivity index (χ1) is 3.77. The van der Waals surface area contributed by atoms with Gasteiger partial charge in [-0.25, -0.2) is 4.99 Å². The molecule has 0 aliphatic rings. The Morgan fingerprint density at radius 2 is 2.62 bits per heavy atom. The maximum atomic E-state index is 9.96. The van der Waals surface area contributed by atoms with Crippen molar-refractivity contribution in [2.45, 2.75) is 6.92 Å². The number of nitrogens with zero attached hydrogens (tertiary/aromatic N) is 1. The molecule has 0 saturated carbocycles. The lowest BCUT2D eigenvalue weighted by atomic mass is 10.8. The Morgan fingerprint density at radius 3 is 3.00 bits per heavy atom. The van der Waals surface area contributed by atoms with Gasteiger partial charge in [-0.2, -0.15) is 0 Å². The molecular formula is C4H8N2O2. The highest BCUT2D eigenvalue weighted by Crippen LogP contribution is 1.67. The van der Waals surface area contributed by atoms with Crippen LogP contribution < -0.4 is 5.73 Å². The molecule has 0 aromatic heterocycles. The second kappa shape index (κ2) is 4.26. The predicted octanol–water partition coefficient (Wildman–Crippen LogP) is -0.506. The van der Waals surface area contributed by atoms with Crippen LogP contribution in [0.1, 0.15) is 6.92 Å². The summed E-state index contributed by atoms with van der Waals surface area (Å²) in [6.45, 7) is 1.44. The number of ether oxygens (including phenoxy) is 1. The molecule has 2 N–H and O–H groups in total. The van der Waals surface area contributed by atoms with Gasteiger partial charge in [0.15, 0.2) is 6.40 Å². The molecule has 4 heteroatoms. The van der Waals surface area contributed by atoms with Crippen molar-refractivity contribution in [1.29, 1.82) is 0 Å². The molecule has 8 heavy (non-hydrogen) atoms. The van der Waals surface area contributed by atoms with Gasteiger partial charge in [-0.15, -0.1) is 0 Å². The largest absolute Gasteiger partial charge is 0.415 e. The second-order valence-electron chi connectivity index (χ2n) is 1.08. The molecule has 0 fully saturated rings. The van der Waals surface area contributed by atoms with E-state index in [1.54, 1.807) is 0 Å². The van der Waals surface area contributed by atoms with E-state index in [4.69, 9.17) is 5.73 Å². The third-order valence-corrected chi connectivity index (χ3v) is 0.399. The van der Waals surface area contributed by atoms with E-state index in [9.17, 15) is 4.79 Å². The van der Waals surface area contributed by atoms with Gasteiger partial charge >= 0.3 is 5.97 Å². The first kappa shape index (κ1) is 7.10. The Balaban J connectivity index is 3.16. The zero-order chi connectivity index (χ0) is 6.41. The summed E-state index contributed by atoms with van der Waals surface area (Å²) in [5, 5.41) is 0. The molecule has 0 radical (unpaired) electrons. The van der Waals surface area contributed by atoms with E-state index in [2.05, 4.69) is 9.73 Å². The fourth-order valence-corrected chi connectivity index (χ4v) is 0.155. The topological polar surface area (TPSA) is 64.7 Å². The van der Waals surface area contributed by atoms with E-state index in [0.29, 0.717) is 0 Å². The molecule has 0 heterocycles. The number of hydrogen-bond donors (Lipinski definition) is 1. The third kappa shape index (κ3) is 5.10. The summed E-state index contributed by atoms with van der Waals surface area (Å²) in [4.78, 5) is 13.4. The first-order valence-corrected chi connectivity index (χ1v) is 2.13. The van der Waals surface area contributed by atoms with Gasteiger partial charge < -0.3 is 10.5 Å². The van der Waals surface area contributed by atoms with Gasteiger partial charge in [0.2, 0.25) is 0 Å². The van der Waals surface area contributed by atoms with Crippen LogP contribution >= 0.6 is 0 Å². The highest BCUT2D eigenvalue weighted by Gasteiger charge is 1.82. The summed E-state index contributed by atoms with van der Waals surface area (Å²) >= 11 is 0. The quantitative estimate of drug-likeness (QED) is 0.300. The third-order valence-electron chi connectivity index (χ3n) is 0.399. The van der Waals surface area contributed by atoms with Gasteiger partial charge in [0.05, 0.1) is 6.67 Å². The van der Waals surface area contributed by atoms with E-state index >= 15 is 0 Å². The molecule has 0 atom stereocenters.